The van der Waals surface area contributed by atoms with Crippen LogP contribution in [0.1, 0.15) is 34.6 Å². The van der Waals surface area contributed by atoms with Crippen LogP contribution in [0.5, 0.6) is 0 Å². The van der Waals surface area contributed by atoms with Crippen LogP contribution in [0, 0.1) is 30.9 Å². The molecule has 0 saturated carbocycles. The molecule has 0 saturated heterocycles. The van der Waals surface area contributed by atoms with Gasteiger partial charge in [0.2, 0.25) is 0 Å². The summed E-state index contributed by atoms with van der Waals surface area (Å²) in [6, 6.07) is 5.01. The van der Waals surface area contributed by atoms with E-state index in [4.69, 9.17) is 11.5 Å². The number of carbonyl (C=O) groups is 3. The van der Waals surface area contributed by atoms with Crippen LogP contribution in [0.4, 0.5) is 14.5 Å². The van der Waals surface area contributed by atoms with E-state index in [1.54, 1.807) is 25.1 Å². The molecule has 0 radical (unpaired) electrons. The zero-order chi connectivity index (χ0) is 27.3. The molecule has 12 heteroatoms. The van der Waals surface area contributed by atoms with Crippen LogP contribution in [0.15, 0.2) is 35.1 Å². The first-order chi connectivity index (χ1) is 17.5. The molecule has 0 bridgehead atoms. The smallest absolute Gasteiger partial charge is 0.326 e. The molecule has 0 spiro atoms. The fourth-order valence-electron chi connectivity index (χ4n) is 3.69. The van der Waals surface area contributed by atoms with E-state index in [0.717, 1.165) is 12.1 Å². The highest BCUT2D eigenvalue weighted by Crippen LogP contribution is 2.24. The normalized spacial score (nSPS) is 11.5. The Hall–Kier alpha value is -4.79. The second-order valence-corrected chi connectivity index (χ2v) is 8.14. The van der Waals surface area contributed by atoms with Crippen LogP contribution in [0.3, 0.4) is 0 Å². The van der Waals surface area contributed by atoms with E-state index in [1.807, 2.05) is 5.32 Å². The number of hydrogen-bond donors (Lipinski definition) is 4. The molecule has 1 atom stereocenters. The van der Waals surface area contributed by atoms with Crippen LogP contribution in [-0.2, 0) is 16.1 Å². The van der Waals surface area contributed by atoms with Crippen LogP contribution in [-0.4, -0.2) is 50.6 Å². The standard InChI is InChI=1S/C25H22F2N4O6/c1-3-8-31(12-14-4-5-19-16(9-14)23(34)29-13(2)28-19)15-10-17(26)22(18(27)11-15)24(35)30-20(25(36)37)6-7-21(32)33/h1,4-5,9-11,20H,6-8,12H2,2H3,(H,30,35)(H,32,33)(H,36,37)(H,28,29,34)/t20-/m0/s1. The molecule has 3 aromatic rings. The van der Waals surface area contributed by atoms with Gasteiger partial charge in [0.05, 0.1) is 17.4 Å². The summed E-state index contributed by atoms with van der Waals surface area (Å²) in [6.45, 7) is 1.64. The number of nitrogens with zero attached hydrogens (tertiary/aromatic N) is 2. The predicted molar refractivity (Wildman–Crippen MR) is 129 cm³/mol. The Morgan fingerprint density at radius 1 is 1.19 bits per heavy atom. The number of fused-ring (bicyclic) bond motifs is 1. The van der Waals surface area contributed by atoms with Gasteiger partial charge >= 0.3 is 11.9 Å². The summed E-state index contributed by atoms with van der Waals surface area (Å²) in [5, 5.41) is 20.2. The molecule has 2 aromatic carbocycles. The minimum absolute atomic E-state index is 0.00111. The van der Waals surface area contributed by atoms with Crippen molar-refractivity contribution in [2.24, 2.45) is 0 Å². The van der Waals surface area contributed by atoms with E-state index >= 15 is 0 Å². The van der Waals surface area contributed by atoms with Crippen molar-refractivity contribution in [3.63, 3.8) is 0 Å². The van der Waals surface area contributed by atoms with E-state index < -0.39 is 53.9 Å². The number of rotatable bonds is 10. The number of halogens is 2. The van der Waals surface area contributed by atoms with Gasteiger partial charge in [-0.05, 0) is 43.2 Å². The van der Waals surface area contributed by atoms with Gasteiger partial charge in [0.1, 0.15) is 29.1 Å². The first kappa shape index (κ1) is 26.8. The van der Waals surface area contributed by atoms with Crippen LogP contribution < -0.4 is 15.8 Å². The van der Waals surface area contributed by atoms with Gasteiger partial charge < -0.3 is 25.4 Å². The number of anilines is 1. The van der Waals surface area contributed by atoms with Crippen LogP contribution in [0.2, 0.25) is 0 Å². The van der Waals surface area contributed by atoms with Crippen molar-refractivity contribution in [1.29, 1.82) is 0 Å². The number of carbonyl (C=O) groups excluding carboxylic acids is 1. The molecule has 10 nitrogen and oxygen atoms in total. The average molecular weight is 512 g/mol. The van der Waals surface area contributed by atoms with Crippen LogP contribution >= 0.6 is 0 Å². The van der Waals surface area contributed by atoms with Gasteiger partial charge in [-0.3, -0.25) is 14.4 Å². The monoisotopic (exact) mass is 512 g/mol. The highest BCUT2D eigenvalue weighted by Gasteiger charge is 2.26. The Kier molecular flexibility index (Phi) is 8.19. The molecular formula is C25H22F2N4O6. The number of nitrogens with one attached hydrogen (secondary N) is 2. The molecule has 0 aliphatic carbocycles. The highest BCUT2D eigenvalue weighted by molar-refractivity contribution is 5.97. The lowest BCUT2D eigenvalue weighted by Gasteiger charge is -2.24. The minimum Gasteiger partial charge on any atom is -0.481 e. The number of carboxylic acids is 2. The Labute approximate surface area is 208 Å². The number of benzene rings is 2. The molecule has 0 aliphatic rings. The first-order valence-corrected chi connectivity index (χ1v) is 10.9. The summed E-state index contributed by atoms with van der Waals surface area (Å²) in [4.78, 5) is 55.0. The Balaban J connectivity index is 1.88. The molecule has 3 rings (SSSR count). The molecule has 1 aromatic heterocycles. The maximum atomic E-state index is 14.9. The van der Waals surface area contributed by atoms with E-state index in [-0.39, 0.29) is 24.3 Å². The quantitative estimate of drug-likeness (QED) is 0.302. The number of aromatic amines is 1. The number of aromatic nitrogens is 2. The second kappa shape index (κ2) is 11.3. The zero-order valence-electron chi connectivity index (χ0n) is 19.5. The summed E-state index contributed by atoms with van der Waals surface area (Å²) in [5.74, 6) is -3.90. The van der Waals surface area contributed by atoms with Gasteiger partial charge in [-0.25, -0.2) is 18.6 Å². The number of aliphatic carboxylic acids is 2. The summed E-state index contributed by atoms with van der Waals surface area (Å²) >= 11 is 0. The Bertz CT molecular complexity index is 1460. The van der Waals surface area contributed by atoms with Gasteiger partial charge in [0, 0.05) is 18.7 Å². The second-order valence-electron chi connectivity index (χ2n) is 8.14. The lowest BCUT2D eigenvalue weighted by Crippen LogP contribution is -2.41. The third-order valence-corrected chi connectivity index (χ3v) is 5.41. The number of hydrogen-bond acceptors (Lipinski definition) is 6. The summed E-state index contributed by atoms with van der Waals surface area (Å²) < 4.78 is 29.8. The van der Waals surface area contributed by atoms with Crippen molar-refractivity contribution < 1.29 is 33.4 Å². The molecule has 1 heterocycles. The molecule has 37 heavy (non-hydrogen) atoms. The van der Waals surface area contributed by atoms with Crippen molar-refractivity contribution in [2.45, 2.75) is 32.4 Å². The highest BCUT2D eigenvalue weighted by atomic mass is 19.1. The van der Waals surface area contributed by atoms with Crippen molar-refractivity contribution in [3.8, 4) is 12.3 Å². The first-order valence-electron chi connectivity index (χ1n) is 10.9. The van der Waals surface area contributed by atoms with E-state index in [0.29, 0.717) is 22.3 Å². The predicted octanol–water partition coefficient (Wildman–Crippen LogP) is 2.20. The number of amides is 1. The number of aryl methyl sites for hydroxylation is 1. The molecule has 1 amide bonds. The Morgan fingerprint density at radius 2 is 1.86 bits per heavy atom. The maximum absolute atomic E-state index is 14.9. The van der Waals surface area contributed by atoms with Gasteiger partial charge in [-0.15, -0.1) is 6.42 Å². The third kappa shape index (κ3) is 6.46. The molecule has 4 N–H and O–H groups in total. The van der Waals surface area contributed by atoms with Crippen molar-refractivity contribution >= 4 is 34.4 Å². The molecule has 0 aliphatic heterocycles. The third-order valence-electron chi connectivity index (χ3n) is 5.41. The fourth-order valence-corrected chi connectivity index (χ4v) is 3.69. The molecule has 192 valence electrons. The van der Waals surface area contributed by atoms with Crippen LogP contribution in [0.25, 0.3) is 10.9 Å². The molecular weight excluding hydrogens is 490 g/mol. The molecule has 0 fully saturated rings. The van der Waals surface area contributed by atoms with Gasteiger partial charge in [-0.1, -0.05) is 12.0 Å². The van der Waals surface area contributed by atoms with Gasteiger partial charge in [0.15, 0.2) is 0 Å². The lowest BCUT2D eigenvalue weighted by molar-refractivity contribution is -0.140. The van der Waals surface area contributed by atoms with Crippen molar-refractivity contribution in [3.05, 3.63) is 69.3 Å². The maximum Gasteiger partial charge on any atom is 0.326 e. The molecule has 0 unspecified atom stereocenters. The lowest BCUT2D eigenvalue weighted by atomic mass is 10.1. The summed E-state index contributed by atoms with van der Waals surface area (Å²) in [5.41, 5.74) is -0.289. The van der Waals surface area contributed by atoms with E-state index in [2.05, 4.69) is 15.9 Å². The zero-order valence-corrected chi connectivity index (χ0v) is 19.5. The Morgan fingerprint density at radius 3 is 2.46 bits per heavy atom. The summed E-state index contributed by atoms with van der Waals surface area (Å²) in [6.07, 6.45) is 4.39. The number of carboxylic acid groups (broad SMARTS) is 2. The fraction of sp³-hybridized carbons (Fsp3) is 0.240. The van der Waals surface area contributed by atoms with Crippen molar-refractivity contribution in [1.82, 2.24) is 15.3 Å². The topological polar surface area (TPSA) is 153 Å². The SMILES string of the molecule is C#CCN(Cc1ccc2nc(C)[nH]c(=O)c2c1)c1cc(F)c(C(=O)N[C@@H](CCC(=O)O)C(=O)O)c(F)c1. The van der Waals surface area contributed by atoms with Gasteiger partial charge in [0.25, 0.3) is 11.5 Å². The van der Waals surface area contributed by atoms with Gasteiger partial charge in [-0.2, -0.15) is 0 Å². The average Bonchev–Trinajstić information content (AvgIpc) is 2.81. The largest absolute Gasteiger partial charge is 0.481 e. The number of terminal acetylenes is 1. The van der Waals surface area contributed by atoms with Crippen molar-refractivity contribution in [2.75, 3.05) is 11.4 Å². The summed E-state index contributed by atoms with van der Waals surface area (Å²) in [7, 11) is 0. The van der Waals surface area contributed by atoms with E-state index in [1.165, 1.54) is 4.90 Å². The number of H-pyrrole nitrogens is 1. The minimum atomic E-state index is -1.66. The van der Waals surface area contributed by atoms with E-state index in [9.17, 15) is 33.1 Å².